The van der Waals surface area contributed by atoms with E-state index in [-0.39, 0.29) is 18.2 Å². The van der Waals surface area contributed by atoms with Gasteiger partial charge >= 0.3 is 0 Å². The highest BCUT2D eigenvalue weighted by Gasteiger charge is 2.33. The number of benzene rings is 1. The standard InChI is InChI=1S/C17H13N5O2S/c23-13-8-11(14-12(9-18-13)19-17-22(14)6-7-25-17)16-20-15(21-24-16)10-4-2-1-3-5-10/h1-7,11H,8-9H2,(H,18,23). The molecule has 0 fully saturated rings. The van der Waals surface area contributed by atoms with E-state index in [1.54, 1.807) is 11.3 Å². The maximum Gasteiger partial charge on any atom is 0.236 e. The largest absolute Gasteiger partial charge is 0.350 e. The molecule has 4 heterocycles. The molecule has 1 aliphatic heterocycles. The second-order valence-corrected chi connectivity index (χ2v) is 6.73. The van der Waals surface area contributed by atoms with Gasteiger partial charge in [0, 0.05) is 23.6 Å². The Hall–Kier alpha value is -3.00. The summed E-state index contributed by atoms with van der Waals surface area (Å²) in [6.45, 7) is 0.415. The highest BCUT2D eigenvalue weighted by atomic mass is 32.1. The number of imidazole rings is 1. The van der Waals surface area contributed by atoms with Crippen LogP contribution >= 0.6 is 11.3 Å². The summed E-state index contributed by atoms with van der Waals surface area (Å²) >= 11 is 1.56. The maximum atomic E-state index is 12.1. The van der Waals surface area contributed by atoms with Gasteiger partial charge in [0.1, 0.15) is 0 Å². The predicted octanol–water partition coefficient (Wildman–Crippen LogP) is 2.60. The first-order valence-corrected chi connectivity index (χ1v) is 8.77. The molecule has 0 radical (unpaired) electrons. The van der Waals surface area contributed by atoms with Crippen molar-refractivity contribution in [2.75, 3.05) is 0 Å². The van der Waals surface area contributed by atoms with E-state index in [1.165, 1.54) is 0 Å². The molecule has 3 aromatic heterocycles. The van der Waals surface area contributed by atoms with Gasteiger partial charge in [-0.15, -0.1) is 11.3 Å². The molecule has 1 unspecified atom stereocenters. The summed E-state index contributed by atoms with van der Waals surface area (Å²) in [6.07, 6.45) is 2.22. The normalized spacial score (nSPS) is 17.3. The Morgan fingerprint density at radius 2 is 2.12 bits per heavy atom. The van der Waals surface area contributed by atoms with E-state index < -0.39 is 0 Å². The first-order chi connectivity index (χ1) is 12.3. The topological polar surface area (TPSA) is 85.3 Å². The van der Waals surface area contributed by atoms with Crippen molar-refractivity contribution in [1.29, 1.82) is 0 Å². The third kappa shape index (κ3) is 2.33. The van der Waals surface area contributed by atoms with Crippen molar-refractivity contribution in [3.63, 3.8) is 0 Å². The van der Waals surface area contributed by atoms with Crippen molar-refractivity contribution in [2.45, 2.75) is 18.9 Å². The van der Waals surface area contributed by atoms with Crippen LogP contribution in [0.1, 0.15) is 29.6 Å². The number of carbonyl (C=O) groups is 1. The summed E-state index contributed by atoms with van der Waals surface area (Å²) in [7, 11) is 0. The van der Waals surface area contributed by atoms with Gasteiger partial charge in [-0.3, -0.25) is 9.20 Å². The Morgan fingerprint density at radius 1 is 1.24 bits per heavy atom. The summed E-state index contributed by atoms with van der Waals surface area (Å²) < 4.78 is 7.55. The number of fused-ring (bicyclic) bond motifs is 3. The molecule has 4 aromatic rings. The first-order valence-electron chi connectivity index (χ1n) is 7.89. The Morgan fingerprint density at radius 3 is 3.00 bits per heavy atom. The molecule has 1 atom stereocenters. The van der Waals surface area contributed by atoms with Gasteiger partial charge in [0.25, 0.3) is 0 Å². The van der Waals surface area contributed by atoms with Crippen LogP contribution in [-0.2, 0) is 11.3 Å². The van der Waals surface area contributed by atoms with E-state index in [2.05, 4.69) is 20.4 Å². The zero-order valence-electron chi connectivity index (χ0n) is 13.0. The summed E-state index contributed by atoms with van der Waals surface area (Å²) in [6, 6.07) is 9.64. The molecule has 0 bridgehead atoms. The van der Waals surface area contributed by atoms with E-state index in [4.69, 9.17) is 4.52 Å². The van der Waals surface area contributed by atoms with Crippen LogP contribution < -0.4 is 5.32 Å². The summed E-state index contributed by atoms with van der Waals surface area (Å²) in [4.78, 5) is 22.2. The monoisotopic (exact) mass is 351 g/mol. The highest BCUT2D eigenvalue weighted by molar-refractivity contribution is 7.15. The Bertz CT molecular complexity index is 1070. The molecule has 8 heteroatoms. The lowest BCUT2D eigenvalue weighted by Crippen LogP contribution is -2.21. The lowest BCUT2D eigenvalue weighted by Gasteiger charge is -2.09. The highest BCUT2D eigenvalue weighted by Crippen LogP contribution is 2.34. The van der Waals surface area contributed by atoms with Crippen LogP contribution in [0.4, 0.5) is 0 Å². The van der Waals surface area contributed by atoms with Crippen LogP contribution in [0.2, 0.25) is 0 Å². The van der Waals surface area contributed by atoms with Crippen molar-refractivity contribution in [3.05, 3.63) is 59.2 Å². The third-order valence-electron chi connectivity index (χ3n) is 4.32. The van der Waals surface area contributed by atoms with E-state index in [0.29, 0.717) is 18.3 Å². The first kappa shape index (κ1) is 14.4. The van der Waals surface area contributed by atoms with Crippen LogP contribution in [0.25, 0.3) is 16.3 Å². The lowest BCUT2D eigenvalue weighted by molar-refractivity contribution is -0.121. The molecule has 7 nitrogen and oxygen atoms in total. The molecule has 0 saturated carbocycles. The van der Waals surface area contributed by atoms with E-state index >= 15 is 0 Å². The summed E-state index contributed by atoms with van der Waals surface area (Å²) in [5.41, 5.74) is 2.67. The van der Waals surface area contributed by atoms with Gasteiger partial charge < -0.3 is 9.84 Å². The van der Waals surface area contributed by atoms with Gasteiger partial charge in [-0.1, -0.05) is 35.5 Å². The SMILES string of the molecule is O=C1CC(c2nc(-c3ccccc3)no2)c2c(nc3sccn23)CN1. The van der Waals surface area contributed by atoms with Crippen LogP contribution in [0.15, 0.2) is 46.4 Å². The minimum Gasteiger partial charge on any atom is -0.350 e. The van der Waals surface area contributed by atoms with Gasteiger partial charge in [-0.05, 0) is 0 Å². The van der Waals surface area contributed by atoms with Gasteiger partial charge in [-0.2, -0.15) is 4.98 Å². The van der Waals surface area contributed by atoms with Gasteiger partial charge in [0.15, 0.2) is 4.96 Å². The Balaban J connectivity index is 1.63. The van der Waals surface area contributed by atoms with Gasteiger partial charge in [-0.25, -0.2) is 4.98 Å². The second kappa shape index (κ2) is 5.52. The number of hydrogen-bond donors (Lipinski definition) is 1. The number of aromatic nitrogens is 4. The molecule has 0 saturated heterocycles. The number of nitrogens with one attached hydrogen (secondary N) is 1. The zero-order valence-corrected chi connectivity index (χ0v) is 13.9. The molecular weight excluding hydrogens is 338 g/mol. The van der Waals surface area contributed by atoms with Crippen molar-refractivity contribution >= 4 is 22.2 Å². The molecule has 0 spiro atoms. The van der Waals surface area contributed by atoms with E-state index in [0.717, 1.165) is 21.9 Å². The van der Waals surface area contributed by atoms with Crippen LogP contribution in [0, 0.1) is 0 Å². The predicted molar refractivity (Wildman–Crippen MR) is 91.1 cm³/mol. The fourth-order valence-corrected chi connectivity index (χ4v) is 3.91. The van der Waals surface area contributed by atoms with Crippen molar-refractivity contribution in [3.8, 4) is 11.4 Å². The fraction of sp³-hybridized carbons (Fsp3) is 0.176. The van der Waals surface area contributed by atoms with Crippen molar-refractivity contribution in [1.82, 2.24) is 24.8 Å². The molecule has 25 heavy (non-hydrogen) atoms. The number of hydrogen-bond acceptors (Lipinski definition) is 6. The van der Waals surface area contributed by atoms with Crippen LogP contribution in [0.5, 0.6) is 0 Å². The molecular formula is C17H13N5O2S. The third-order valence-corrected chi connectivity index (χ3v) is 5.08. The maximum absolute atomic E-state index is 12.1. The van der Waals surface area contributed by atoms with Gasteiger partial charge in [0.2, 0.25) is 17.6 Å². The smallest absolute Gasteiger partial charge is 0.236 e. The molecule has 124 valence electrons. The van der Waals surface area contributed by atoms with Crippen molar-refractivity contribution < 1.29 is 9.32 Å². The fourth-order valence-electron chi connectivity index (χ4n) is 3.17. The quantitative estimate of drug-likeness (QED) is 0.600. The molecule has 1 aromatic carbocycles. The average Bonchev–Trinajstić information content (AvgIpc) is 3.33. The number of amides is 1. The Labute approximate surface area is 146 Å². The minimum atomic E-state index is -0.313. The number of carbonyl (C=O) groups excluding carboxylic acids is 1. The second-order valence-electron chi connectivity index (χ2n) is 5.86. The number of nitrogens with zero attached hydrogens (tertiary/aromatic N) is 4. The zero-order chi connectivity index (χ0) is 16.8. The molecule has 1 aliphatic rings. The lowest BCUT2D eigenvalue weighted by atomic mass is 10.00. The molecule has 1 amide bonds. The average molecular weight is 351 g/mol. The number of thiazole rings is 1. The summed E-state index contributed by atoms with van der Waals surface area (Å²) in [5.74, 6) is 0.594. The number of rotatable bonds is 2. The molecule has 1 N–H and O–H groups in total. The minimum absolute atomic E-state index is 0.0496. The Kier molecular flexibility index (Phi) is 3.17. The van der Waals surface area contributed by atoms with E-state index in [1.807, 2.05) is 46.3 Å². The molecule has 0 aliphatic carbocycles. The van der Waals surface area contributed by atoms with Crippen LogP contribution in [0.3, 0.4) is 0 Å². The van der Waals surface area contributed by atoms with E-state index in [9.17, 15) is 4.79 Å². The van der Waals surface area contributed by atoms with Crippen molar-refractivity contribution in [2.24, 2.45) is 0 Å². The summed E-state index contributed by atoms with van der Waals surface area (Å²) in [5, 5.41) is 8.96. The van der Waals surface area contributed by atoms with Gasteiger partial charge in [0.05, 0.1) is 23.9 Å². The molecule has 5 rings (SSSR count). The van der Waals surface area contributed by atoms with Crippen LogP contribution in [-0.4, -0.2) is 25.4 Å².